The monoisotopic (exact) mass is 463 g/mol. The zero-order valence-corrected chi connectivity index (χ0v) is 19.6. The fourth-order valence-electron chi connectivity index (χ4n) is 4.72. The molecule has 178 valence electrons. The average molecular weight is 464 g/mol. The van der Waals surface area contributed by atoms with E-state index in [-0.39, 0.29) is 11.9 Å². The molecule has 1 amide bonds. The van der Waals surface area contributed by atoms with Crippen molar-refractivity contribution in [1.82, 2.24) is 29.5 Å². The number of nitrogens with one attached hydrogen (secondary N) is 2. The molecule has 34 heavy (non-hydrogen) atoms. The van der Waals surface area contributed by atoms with Crippen molar-refractivity contribution < 1.29 is 14.6 Å². The Morgan fingerprint density at radius 3 is 2.74 bits per heavy atom. The van der Waals surface area contributed by atoms with E-state index < -0.39 is 5.60 Å². The number of carbonyl (C=O) groups is 1. The van der Waals surface area contributed by atoms with Gasteiger partial charge in [0.15, 0.2) is 0 Å². The molecule has 1 saturated carbocycles. The molecule has 0 radical (unpaired) electrons. The summed E-state index contributed by atoms with van der Waals surface area (Å²) in [4.78, 5) is 16.9. The van der Waals surface area contributed by atoms with E-state index in [4.69, 9.17) is 4.74 Å². The van der Waals surface area contributed by atoms with Crippen molar-refractivity contribution in [2.45, 2.75) is 50.7 Å². The minimum atomic E-state index is -0.551. The molecule has 5 rings (SSSR count). The van der Waals surface area contributed by atoms with Crippen LogP contribution in [0.3, 0.4) is 0 Å². The van der Waals surface area contributed by atoms with E-state index in [0.717, 1.165) is 48.7 Å². The van der Waals surface area contributed by atoms with Crippen LogP contribution in [-0.2, 0) is 0 Å². The molecule has 1 aliphatic rings. The van der Waals surface area contributed by atoms with Gasteiger partial charge in [0.1, 0.15) is 5.52 Å². The van der Waals surface area contributed by atoms with E-state index in [9.17, 15) is 9.90 Å². The number of hydrogen-bond donors (Lipinski definition) is 3. The van der Waals surface area contributed by atoms with Crippen LogP contribution >= 0.6 is 0 Å². The van der Waals surface area contributed by atoms with E-state index >= 15 is 0 Å². The van der Waals surface area contributed by atoms with Crippen LogP contribution in [0.4, 0.5) is 5.95 Å². The number of rotatable bonds is 6. The summed E-state index contributed by atoms with van der Waals surface area (Å²) < 4.78 is 9.08. The number of carbonyl (C=O) groups excluding carboxylic acids is 1. The lowest BCUT2D eigenvalue weighted by Crippen LogP contribution is -2.38. The number of aromatic nitrogens is 5. The lowest BCUT2D eigenvalue weighted by molar-refractivity contribution is -0.00199. The van der Waals surface area contributed by atoms with Gasteiger partial charge < -0.3 is 20.5 Å². The summed E-state index contributed by atoms with van der Waals surface area (Å²) in [7, 11) is 3.19. The number of methoxy groups -OCH3 is 1. The maximum atomic E-state index is 12.2. The third kappa shape index (κ3) is 3.83. The highest BCUT2D eigenvalue weighted by Crippen LogP contribution is 2.34. The second-order valence-electron chi connectivity index (χ2n) is 8.85. The normalized spacial score (nSPS) is 20.5. The van der Waals surface area contributed by atoms with E-state index in [1.165, 1.54) is 0 Å². The first-order chi connectivity index (χ1) is 16.4. The zero-order chi connectivity index (χ0) is 23.9. The fourth-order valence-corrected chi connectivity index (χ4v) is 4.72. The molecule has 0 aliphatic heterocycles. The molecule has 0 aromatic carbocycles. The Labute approximate surface area is 196 Å². The number of nitrogens with zero attached hydrogens (tertiary/aromatic N) is 5. The molecule has 0 bridgehead atoms. The number of pyridine rings is 1. The Morgan fingerprint density at radius 2 is 2.03 bits per heavy atom. The Kier molecular flexibility index (Phi) is 5.60. The molecule has 4 aromatic rings. The maximum Gasteiger partial charge on any atom is 0.254 e. The van der Waals surface area contributed by atoms with Gasteiger partial charge in [-0.1, -0.05) is 6.92 Å². The van der Waals surface area contributed by atoms with Gasteiger partial charge >= 0.3 is 0 Å². The van der Waals surface area contributed by atoms with Crippen molar-refractivity contribution in [3.05, 3.63) is 42.4 Å². The van der Waals surface area contributed by atoms with Crippen molar-refractivity contribution >= 4 is 22.9 Å². The van der Waals surface area contributed by atoms with E-state index in [1.807, 2.05) is 37.5 Å². The van der Waals surface area contributed by atoms with Crippen LogP contribution in [0.1, 0.15) is 49.4 Å². The topological polar surface area (TPSA) is 118 Å². The van der Waals surface area contributed by atoms with Crippen LogP contribution in [0.5, 0.6) is 5.88 Å². The van der Waals surface area contributed by atoms with Gasteiger partial charge in [-0.3, -0.25) is 4.79 Å². The third-order valence-electron chi connectivity index (χ3n) is 6.88. The maximum absolute atomic E-state index is 12.2. The van der Waals surface area contributed by atoms with Gasteiger partial charge in [-0.2, -0.15) is 10.1 Å². The van der Waals surface area contributed by atoms with Crippen LogP contribution in [0.25, 0.3) is 22.2 Å². The number of ether oxygens (including phenoxy) is 1. The Balaban J connectivity index is 1.48. The lowest BCUT2D eigenvalue weighted by atomic mass is 9.80. The Morgan fingerprint density at radius 1 is 1.26 bits per heavy atom. The molecular weight excluding hydrogens is 434 g/mol. The first kappa shape index (κ1) is 22.1. The molecule has 0 unspecified atom stereocenters. The number of anilines is 1. The highest BCUT2D eigenvalue weighted by atomic mass is 16.5. The molecule has 4 aromatic heterocycles. The van der Waals surface area contributed by atoms with Crippen molar-refractivity contribution in [2.75, 3.05) is 19.5 Å². The van der Waals surface area contributed by atoms with E-state index in [0.29, 0.717) is 22.9 Å². The molecule has 0 spiro atoms. The van der Waals surface area contributed by atoms with Gasteiger partial charge in [0, 0.05) is 31.0 Å². The summed E-state index contributed by atoms with van der Waals surface area (Å²) >= 11 is 0. The highest BCUT2D eigenvalue weighted by Gasteiger charge is 2.32. The van der Waals surface area contributed by atoms with Crippen molar-refractivity contribution in [2.24, 2.45) is 0 Å². The predicted octanol–water partition coefficient (Wildman–Crippen LogP) is 2.91. The average Bonchev–Trinajstić information content (AvgIpc) is 3.48. The predicted molar refractivity (Wildman–Crippen MR) is 128 cm³/mol. The van der Waals surface area contributed by atoms with Gasteiger partial charge in [-0.15, -0.1) is 5.10 Å². The SMILES string of the molecule is CCC1(O)CCC(Nc2nc(OC)c3c(-c4ccn5ncc(C(=O)NC)c5c4)ccn3n2)CC1. The Hall–Kier alpha value is -3.66. The number of aliphatic hydroxyl groups is 1. The first-order valence-electron chi connectivity index (χ1n) is 11.6. The zero-order valence-electron chi connectivity index (χ0n) is 19.6. The van der Waals surface area contributed by atoms with Gasteiger partial charge in [-0.05, 0) is 55.9 Å². The minimum Gasteiger partial charge on any atom is -0.479 e. The Bertz CT molecular complexity index is 1350. The molecule has 1 aliphatic carbocycles. The summed E-state index contributed by atoms with van der Waals surface area (Å²) in [6.07, 6.45) is 9.30. The standard InChI is InChI=1S/C24H29N7O3/c1-4-24(33)9-5-16(6-10-24)27-23-28-22(34-3)20-17(8-12-31(20)29-23)15-7-11-30-19(13-15)18(14-26-30)21(32)25-2/h7-8,11-14,16,33H,4-6,9-10H2,1-3H3,(H,25,32)(H,27,29). The summed E-state index contributed by atoms with van der Waals surface area (Å²) in [5, 5.41) is 25.5. The second kappa shape index (κ2) is 8.60. The van der Waals surface area contributed by atoms with Gasteiger partial charge in [0.25, 0.3) is 5.91 Å². The number of fused-ring (bicyclic) bond motifs is 2. The summed E-state index contributed by atoms with van der Waals surface area (Å²) in [6.45, 7) is 2.03. The summed E-state index contributed by atoms with van der Waals surface area (Å²) in [5.74, 6) is 0.760. The number of hydrogen-bond acceptors (Lipinski definition) is 7. The molecular formula is C24H29N7O3. The molecule has 10 nitrogen and oxygen atoms in total. The molecule has 3 N–H and O–H groups in total. The van der Waals surface area contributed by atoms with Gasteiger partial charge in [0.2, 0.25) is 11.8 Å². The first-order valence-corrected chi connectivity index (χ1v) is 11.6. The minimum absolute atomic E-state index is 0.189. The largest absolute Gasteiger partial charge is 0.479 e. The van der Waals surface area contributed by atoms with Crippen LogP contribution in [-0.4, -0.2) is 61.0 Å². The third-order valence-corrected chi connectivity index (χ3v) is 6.88. The van der Waals surface area contributed by atoms with Crippen LogP contribution in [0, 0.1) is 0 Å². The van der Waals surface area contributed by atoms with Crippen LogP contribution < -0.4 is 15.4 Å². The quantitative estimate of drug-likeness (QED) is 0.402. The lowest BCUT2D eigenvalue weighted by Gasteiger charge is -2.35. The van der Waals surface area contributed by atoms with Crippen LogP contribution in [0.2, 0.25) is 0 Å². The summed E-state index contributed by atoms with van der Waals surface area (Å²) in [6, 6.07) is 6.03. The smallest absolute Gasteiger partial charge is 0.254 e. The molecule has 10 heteroatoms. The number of amides is 1. The van der Waals surface area contributed by atoms with Crippen molar-refractivity contribution in [3.63, 3.8) is 0 Å². The molecule has 1 fully saturated rings. The van der Waals surface area contributed by atoms with Gasteiger partial charge in [-0.25, -0.2) is 9.03 Å². The second-order valence-corrected chi connectivity index (χ2v) is 8.85. The van der Waals surface area contributed by atoms with Crippen molar-refractivity contribution in [3.8, 4) is 17.0 Å². The molecule has 4 heterocycles. The molecule has 0 atom stereocenters. The molecule has 0 saturated heterocycles. The highest BCUT2D eigenvalue weighted by molar-refractivity contribution is 6.01. The fraction of sp³-hybridized carbons (Fsp3) is 0.417. The summed E-state index contributed by atoms with van der Waals surface area (Å²) in [5.41, 5.74) is 3.19. The van der Waals surface area contributed by atoms with Gasteiger partial charge in [0.05, 0.1) is 30.0 Å². The van der Waals surface area contributed by atoms with Crippen LogP contribution in [0.15, 0.2) is 36.8 Å². The van der Waals surface area contributed by atoms with E-state index in [1.54, 1.807) is 29.4 Å². The van der Waals surface area contributed by atoms with E-state index in [2.05, 4.69) is 25.8 Å². The van der Waals surface area contributed by atoms with Crippen molar-refractivity contribution in [1.29, 1.82) is 0 Å².